The van der Waals surface area contributed by atoms with Crippen LogP contribution in [0.5, 0.6) is 5.75 Å². The molecule has 0 unspecified atom stereocenters. The topological polar surface area (TPSA) is 78.5 Å². The lowest BCUT2D eigenvalue weighted by atomic mass is 10.2. The lowest BCUT2D eigenvalue weighted by molar-refractivity contribution is -0.133. The van der Waals surface area contributed by atoms with E-state index in [0.29, 0.717) is 33.9 Å². The summed E-state index contributed by atoms with van der Waals surface area (Å²) in [5.74, 6) is 0.0716. The maximum absolute atomic E-state index is 13.2. The van der Waals surface area contributed by atoms with Crippen LogP contribution in [0.2, 0.25) is 0 Å². The number of para-hydroxylation sites is 1. The van der Waals surface area contributed by atoms with Crippen LogP contribution in [0.15, 0.2) is 53.3 Å². The summed E-state index contributed by atoms with van der Waals surface area (Å²) in [7, 11) is 1.44. The van der Waals surface area contributed by atoms with Crippen LogP contribution >= 0.6 is 0 Å². The second-order valence-electron chi connectivity index (χ2n) is 7.13. The van der Waals surface area contributed by atoms with Gasteiger partial charge in [0, 0.05) is 5.69 Å². The zero-order valence-electron chi connectivity index (χ0n) is 17.6. The number of likely N-dealkylation sites (N-methyl/N-ethyl adjacent to an activating group) is 1. The summed E-state index contributed by atoms with van der Waals surface area (Å²) in [4.78, 5) is 34.5. The maximum Gasteiger partial charge on any atom is 0.406 e. The van der Waals surface area contributed by atoms with Crippen LogP contribution in [0.3, 0.4) is 0 Å². The molecule has 0 saturated heterocycles. The normalized spacial score (nSPS) is 11.7. The van der Waals surface area contributed by atoms with E-state index >= 15 is 0 Å². The minimum absolute atomic E-state index is 0.102. The number of hydrogen-bond acceptors (Lipinski definition) is 5. The largest absolute Gasteiger partial charge is 0.497 e. The monoisotopic (exact) mass is 448 g/mol. The zero-order chi connectivity index (χ0) is 23.3. The number of nitrogens with one attached hydrogen (secondary N) is 1. The molecule has 1 amide bonds. The van der Waals surface area contributed by atoms with E-state index in [1.165, 1.54) is 31.4 Å². The van der Waals surface area contributed by atoms with E-state index in [1.54, 1.807) is 36.1 Å². The van der Waals surface area contributed by atoms with Crippen molar-refractivity contribution in [1.29, 1.82) is 0 Å². The van der Waals surface area contributed by atoms with Crippen LogP contribution < -0.4 is 15.2 Å². The smallest absolute Gasteiger partial charge is 0.406 e. The number of carbonyl (C=O) groups excluding carboxylic acids is 1. The van der Waals surface area contributed by atoms with E-state index in [4.69, 9.17) is 4.74 Å². The van der Waals surface area contributed by atoms with Gasteiger partial charge in [-0.3, -0.25) is 14.5 Å². The number of halogens is 3. The summed E-state index contributed by atoms with van der Waals surface area (Å²) in [6, 6.07) is 12.6. The Morgan fingerprint density at radius 1 is 1.12 bits per heavy atom. The number of hydrogen-bond donors (Lipinski definition) is 1. The number of nitrogens with zero attached hydrogens (tertiary/aromatic N) is 3. The highest BCUT2D eigenvalue weighted by Gasteiger charge is 2.34. The Balaban J connectivity index is 1.80. The van der Waals surface area contributed by atoms with Gasteiger partial charge in [0.1, 0.15) is 18.1 Å². The Kier molecular flexibility index (Phi) is 7.14. The Morgan fingerprint density at radius 3 is 2.44 bits per heavy atom. The third-order valence-corrected chi connectivity index (χ3v) is 4.86. The van der Waals surface area contributed by atoms with Gasteiger partial charge in [-0.15, -0.1) is 0 Å². The van der Waals surface area contributed by atoms with Gasteiger partial charge < -0.3 is 14.6 Å². The van der Waals surface area contributed by atoms with Gasteiger partial charge in [-0.1, -0.05) is 19.1 Å². The van der Waals surface area contributed by atoms with Crippen LogP contribution in [0, 0.1) is 0 Å². The van der Waals surface area contributed by atoms with E-state index in [1.807, 2.05) is 0 Å². The number of fused-ring (bicyclic) bond motifs is 1. The Morgan fingerprint density at radius 2 is 1.81 bits per heavy atom. The fourth-order valence-electron chi connectivity index (χ4n) is 3.24. The van der Waals surface area contributed by atoms with E-state index in [9.17, 15) is 22.8 Å². The van der Waals surface area contributed by atoms with Crippen molar-refractivity contribution in [2.45, 2.75) is 19.6 Å². The molecule has 1 aromatic heterocycles. The number of ether oxygens (including phenoxy) is 1. The first kappa shape index (κ1) is 23.3. The molecule has 1 N–H and O–H groups in total. The van der Waals surface area contributed by atoms with Crippen molar-refractivity contribution in [1.82, 2.24) is 14.9 Å². The van der Waals surface area contributed by atoms with Crippen molar-refractivity contribution in [2.24, 2.45) is 0 Å². The molecule has 2 aromatic carbocycles. The predicted octanol–water partition coefficient (Wildman–Crippen LogP) is 3.35. The zero-order valence-corrected chi connectivity index (χ0v) is 17.6. The van der Waals surface area contributed by atoms with Crippen LogP contribution in [0.4, 0.5) is 18.9 Å². The quantitative estimate of drug-likeness (QED) is 0.572. The molecule has 0 bridgehead atoms. The molecule has 170 valence electrons. The SMILES string of the molecule is CCN(CC(=O)N(CC(F)(F)F)c1ccc(OC)cc1)Cc1nc2ccccc2c(=O)[nH]1. The molecule has 0 saturated carbocycles. The van der Waals surface area contributed by atoms with E-state index in [-0.39, 0.29) is 24.3 Å². The molecule has 7 nitrogen and oxygen atoms in total. The molecule has 3 aromatic rings. The van der Waals surface area contributed by atoms with Gasteiger partial charge >= 0.3 is 6.18 Å². The van der Waals surface area contributed by atoms with E-state index in [0.717, 1.165) is 0 Å². The molecular formula is C22H23F3N4O3. The standard InChI is InChI=1S/C22H23F3N4O3/c1-3-28(12-19-26-18-7-5-4-6-17(18)21(31)27-19)13-20(30)29(14-22(23,24)25)15-8-10-16(32-2)11-9-15/h4-11H,3,12-14H2,1-2H3,(H,26,27,31). The van der Waals surface area contributed by atoms with Gasteiger partial charge in [0.05, 0.1) is 31.1 Å². The fourth-order valence-corrected chi connectivity index (χ4v) is 3.24. The summed E-state index contributed by atoms with van der Waals surface area (Å²) >= 11 is 0. The molecule has 0 aliphatic rings. The lowest BCUT2D eigenvalue weighted by Crippen LogP contribution is -2.44. The predicted molar refractivity (Wildman–Crippen MR) is 115 cm³/mol. The van der Waals surface area contributed by atoms with E-state index < -0.39 is 18.6 Å². The van der Waals surface area contributed by atoms with Gasteiger partial charge in [0.2, 0.25) is 5.91 Å². The first-order valence-corrected chi connectivity index (χ1v) is 9.91. The summed E-state index contributed by atoms with van der Waals surface area (Å²) in [6.45, 7) is 0.541. The highest BCUT2D eigenvalue weighted by atomic mass is 19.4. The number of methoxy groups -OCH3 is 1. The highest BCUT2D eigenvalue weighted by molar-refractivity contribution is 5.95. The van der Waals surface area contributed by atoms with Gasteiger partial charge in [0.25, 0.3) is 5.56 Å². The van der Waals surface area contributed by atoms with Crippen molar-refractivity contribution in [3.8, 4) is 5.75 Å². The number of aromatic amines is 1. The van der Waals surface area contributed by atoms with Crippen molar-refractivity contribution in [2.75, 3.05) is 31.6 Å². The third-order valence-electron chi connectivity index (χ3n) is 4.86. The van der Waals surface area contributed by atoms with Gasteiger partial charge in [-0.25, -0.2) is 4.98 Å². The lowest BCUT2D eigenvalue weighted by Gasteiger charge is -2.27. The fraction of sp³-hybridized carbons (Fsp3) is 0.318. The first-order chi connectivity index (χ1) is 15.2. The van der Waals surface area contributed by atoms with Crippen molar-refractivity contribution in [3.05, 3.63) is 64.7 Å². The van der Waals surface area contributed by atoms with Crippen LogP contribution in [0.1, 0.15) is 12.7 Å². The molecule has 3 rings (SSSR count). The molecule has 0 aliphatic heterocycles. The molecule has 0 radical (unpaired) electrons. The van der Waals surface area contributed by atoms with Crippen LogP contribution in [0.25, 0.3) is 10.9 Å². The second-order valence-corrected chi connectivity index (χ2v) is 7.13. The Labute approximate surface area is 182 Å². The number of carbonyl (C=O) groups is 1. The molecule has 32 heavy (non-hydrogen) atoms. The minimum atomic E-state index is -4.57. The molecule has 1 heterocycles. The Bertz CT molecular complexity index is 1130. The average Bonchev–Trinajstić information content (AvgIpc) is 2.76. The van der Waals surface area contributed by atoms with Gasteiger partial charge in [0.15, 0.2) is 0 Å². The molecule has 10 heteroatoms. The highest BCUT2D eigenvalue weighted by Crippen LogP contribution is 2.24. The summed E-state index contributed by atoms with van der Waals surface area (Å²) in [5.41, 5.74) is 0.303. The molecule has 0 aliphatic carbocycles. The number of H-pyrrole nitrogens is 1. The van der Waals surface area contributed by atoms with Gasteiger partial charge in [-0.2, -0.15) is 13.2 Å². The Hall–Kier alpha value is -3.40. The van der Waals surface area contributed by atoms with Crippen molar-refractivity contribution < 1.29 is 22.7 Å². The molecule has 0 atom stereocenters. The minimum Gasteiger partial charge on any atom is -0.497 e. The molecular weight excluding hydrogens is 425 g/mol. The van der Waals surface area contributed by atoms with Gasteiger partial charge in [-0.05, 0) is 42.9 Å². The van der Waals surface area contributed by atoms with Crippen LogP contribution in [-0.4, -0.2) is 53.7 Å². The first-order valence-electron chi connectivity index (χ1n) is 9.91. The van der Waals surface area contributed by atoms with E-state index in [2.05, 4.69) is 9.97 Å². The third kappa shape index (κ3) is 5.85. The average molecular weight is 448 g/mol. The number of aromatic nitrogens is 2. The number of amides is 1. The van der Waals surface area contributed by atoms with Crippen LogP contribution in [-0.2, 0) is 11.3 Å². The maximum atomic E-state index is 13.2. The molecule has 0 spiro atoms. The summed E-state index contributed by atoms with van der Waals surface area (Å²) in [5, 5.41) is 0.436. The van der Waals surface area contributed by atoms with Crippen molar-refractivity contribution in [3.63, 3.8) is 0 Å². The van der Waals surface area contributed by atoms with Crippen molar-refractivity contribution >= 4 is 22.5 Å². The number of rotatable bonds is 8. The second kappa shape index (κ2) is 9.82. The summed E-state index contributed by atoms with van der Waals surface area (Å²) in [6.07, 6.45) is -4.57. The summed E-state index contributed by atoms with van der Waals surface area (Å²) < 4.78 is 44.6. The number of alkyl halides is 3. The molecule has 0 fully saturated rings. The number of anilines is 1. The number of benzene rings is 2.